The molecule has 0 spiro atoms. The van der Waals surface area contributed by atoms with Crippen molar-refractivity contribution in [2.45, 2.75) is 64.3 Å². The minimum Gasteiger partial charge on any atom is -0.543 e. The Bertz CT molecular complexity index is 763. The third kappa shape index (κ3) is 4.44. The zero-order valence-electron chi connectivity index (χ0n) is 17.5. The number of hydrogen-bond donors (Lipinski definition) is 1. The van der Waals surface area contributed by atoms with Gasteiger partial charge in [-0.2, -0.15) is 0 Å². The average molecular weight is 402 g/mol. The number of nitro groups is 1. The molecule has 0 aliphatic heterocycles. The molecule has 0 aliphatic rings. The van der Waals surface area contributed by atoms with Gasteiger partial charge >= 0.3 is 0 Å². The van der Waals surface area contributed by atoms with Gasteiger partial charge in [-0.15, -0.1) is 0 Å². The summed E-state index contributed by atoms with van der Waals surface area (Å²) >= 11 is 0. The van der Waals surface area contributed by atoms with Gasteiger partial charge in [0.2, 0.25) is 0 Å². The Morgan fingerprint density at radius 3 is 1.57 bits per heavy atom. The van der Waals surface area contributed by atoms with Crippen molar-refractivity contribution >= 4 is 14.0 Å². The van der Waals surface area contributed by atoms with E-state index in [2.05, 4.69) is 41.5 Å². The molecule has 0 saturated carbocycles. The Morgan fingerprint density at radius 2 is 1.21 bits per heavy atom. The van der Waals surface area contributed by atoms with Gasteiger partial charge in [0, 0.05) is 12.1 Å². The average Bonchev–Trinajstić information content (AvgIpc) is 2.65. The Balaban J connectivity index is 2.23. The summed E-state index contributed by atoms with van der Waals surface area (Å²) in [6, 6.07) is 13.5. The summed E-state index contributed by atoms with van der Waals surface area (Å²) in [5, 5.41) is 21.4. The third-order valence-corrected chi connectivity index (χ3v) is 11.6. The largest absolute Gasteiger partial charge is 0.543 e. The van der Waals surface area contributed by atoms with Crippen LogP contribution in [0.3, 0.4) is 0 Å². The highest BCUT2D eigenvalue weighted by atomic mass is 28.4. The van der Waals surface area contributed by atoms with Crippen LogP contribution in [0.15, 0.2) is 48.5 Å². The van der Waals surface area contributed by atoms with Gasteiger partial charge in [-0.3, -0.25) is 10.1 Å². The molecule has 0 radical (unpaired) electrons. The normalized spacial score (nSPS) is 13.2. The number of nitrogens with zero attached hydrogens (tertiary/aromatic N) is 1. The Hall–Kier alpha value is -2.18. The van der Waals surface area contributed by atoms with E-state index < -0.39 is 19.3 Å². The van der Waals surface area contributed by atoms with Gasteiger partial charge in [0.25, 0.3) is 14.0 Å². The summed E-state index contributed by atoms with van der Waals surface area (Å²) in [5.41, 5.74) is 2.81. The van der Waals surface area contributed by atoms with Gasteiger partial charge in [0.15, 0.2) is 0 Å². The maximum atomic E-state index is 10.8. The monoisotopic (exact) mass is 401 g/mol. The number of aliphatic hydroxyl groups excluding tert-OH is 1. The minimum atomic E-state index is -2.02. The van der Waals surface area contributed by atoms with Gasteiger partial charge in [-0.1, -0.05) is 53.7 Å². The fraction of sp³-hybridized carbons (Fsp3) is 0.455. The Kier molecular flexibility index (Phi) is 7.01. The van der Waals surface area contributed by atoms with E-state index in [0.29, 0.717) is 22.2 Å². The van der Waals surface area contributed by atoms with Crippen LogP contribution in [0.4, 0.5) is 5.69 Å². The van der Waals surface area contributed by atoms with Crippen LogP contribution >= 0.6 is 0 Å². The summed E-state index contributed by atoms with van der Waals surface area (Å²) in [5.74, 6) is 0.836. The molecule has 2 aromatic carbocycles. The van der Waals surface area contributed by atoms with Crippen molar-refractivity contribution < 1.29 is 14.5 Å². The third-order valence-electron chi connectivity index (χ3n) is 5.62. The van der Waals surface area contributed by atoms with E-state index >= 15 is 0 Å². The number of non-ortho nitro benzene ring substituents is 1. The molecule has 2 rings (SSSR count). The predicted octanol–water partition coefficient (Wildman–Crippen LogP) is 6.23. The number of hydrogen-bond acceptors (Lipinski definition) is 4. The molecular weight excluding hydrogens is 370 g/mol. The van der Waals surface area contributed by atoms with E-state index in [-0.39, 0.29) is 5.69 Å². The highest BCUT2D eigenvalue weighted by Crippen LogP contribution is 2.42. The van der Waals surface area contributed by atoms with Crippen molar-refractivity contribution in [1.29, 1.82) is 0 Å². The number of aliphatic hydroxyl groups is 1. The van der Waals surface area contributed by atoms with Crippen molar-refractivity contribution in [3.05, 3.63) is 69.8 Å². The molecule has 0 amide bonds. The van der Waals surface area contributed by atoms with Crippen molar-refractivity contribution in [3.8, 4) is 5.75 Å². The topological polar surface area (TPSA) is 72.6 Å². The van der Waals surface area contributed by atoms with E-state index in [1.807, 2.05) is 24.3 Å². The summed E-state index contributed by atoms with van der Waals surface area (Å²) in [6.45, 7) is 13.5. The molecule has 0 heterocycles. The summed E-state index contributed by atoms with van der Waals surface area (Å²) < 4.78 is 6.65. The second-order valence-corrected chi connectivity index (χ2v) is 13.6. The number of nitro benzene ring substituents is 1. The highest BCUT2D eigenvalue weighted by Gasteiger charge is 2.46. The Labute approximate surface area is 168 Å². The predicted molar refractivity (Wildman–Crippen MR) is 115 cm³/mol. The van der Waals surface area contributed by atoms with Crippen LogP contribution in [0.25, 0.3) is 0 Å². The first-order chi connectivity index (χ1) is 13.1. The molecule has 0 bridgehead atoms. The lowest BCUT2D eigenvalue weighted by Gasteiger charge is -2.42. The molecule has 6 heteroatoms. The molecule has 0 fully saturated rings. The fourth-order valence-electron chi connectivity index (χ4n) is 4.25. The van der Waals surface area contributed by atoms with Crippen molar-refractivity contribution in [3.63, 3.8) is 0 Å². The van der Waals surface area contributed by atoms with Crippen molar-refractivity contribution in [2.24, 2.45) is 0 Å². The Morgan fingerprint density at radius 1 is 0.821 bits per heavy atom. The molecule has 0 aromatic heterocycles. The maximum absolute atomic E-state index is 10.8. The van der Waals surface area contributed by atoms with Gasteiger partial charge in [0.1, 0.15) is 11.9 Å². The van der Waals surface area contributed by atoms with Crippen LogP contribution < -0.4 is 4.43 Å². The van der Waals surface area contributed by atoms with Crippen LogP contribution in [-0.4, -0.2) is 18.3 Å². The molecule has 28 heavy (non-hydrogen) atoms. The summed E-state index contributed by atoms with van der Waals surface area (Å²) in [6.07, 6.45) is -0.836. The molecule has 0 aliphatic carbocycles. The van der Waals surface area contributed by atoms with Gasteiger partial charge in [-0.05, 0) is 52.0 Å². The van der Waals surface area contributed by atoms with Crippen molar-refractivity contribution in [2.75, 3.05) is 0 Å². The van der Waals surface area contributed by atoms with Crippen LogP contribution in [0.5, 0.6) is 5.75 Å². The molecular formula is C22H31NO4Si. The van der Waals surface area contributed by atoms with Gasteiger partial charge < -0.3 is 9.53 Å². The van der Waals surface area contributed by atoms with Crippen LogP contribution in [0.2, 0.25) is 16.6 Å². The first-order valence-corrected chi connectivity index (χ1v) is 11.9. The smallest absolute Gasteiger partial charge is 0.269 e. The lowest BCUT2D eigenvalue weighted by atomic mass is 10.0. The van der Waals surface area contributed by atoms with Crippen LogP contribution in [0.1, 0.15) is 58.8 Å². The molecule has 0 unspecified atom stereocenters. The van der Waals surface area contributed by atoms with Crippen LogP contribution in [0, 0.1) is 10.1 Å². The number of rotatable bonds is 8. The first-order valence-electron chi connectivity index (χ1n) is 9.81. The molecule has 1 N–H and O–H groups in total. The molecule has 0 saturated heterocycles. The van der Waals surface area contributed by atoms with Gasteiger partial charge in [0.05, 0.1) is 4.92 Å². The molecule has 152 valence electrons. The number of benzene rings is 2. The standard InChI is InChI=1S/C22H31NO4Si/c1-15(2)28(16(3)4,17(5)6)27-21-13-9-19(10-14-21)22(24)18-7-11-20(12-8-18)23(25)26/h7-17,22,24H,1-6H3/t22-/m1/s1. The van der Waals surface area contributed by atoms with E-state index in [1.165, 1.54) is 12.1 Å². The highest BCUT2D eigenvalue weighted by molar-refractivity contribution is 6.78. The zero-order chi connectivity index (χ0) is 21.1. The first kappa shape index (κ1) is 22.1. The summed E-state index contributed by atoms with van der Waals surface area (Å²) in [7, 11) is -2.02. The van der Waals surface area contributed by atoms with E-state index in [0.717, 1.165) is 11.3 Å². The van der Waals surface area contributed by atoms with E-state index in [4.69, 9.17) is 4.43 Å². The maximum Gasteiger partial charge on any atom is 0.269 e. The van der Waals surface area contributed by atoms with Crippen LogP contribution in [-0.2, 0) is 0 Å². The minimum absolute atomic E-state index is 0.0112. The second kappa shape index (κ2) is 8.88. The molecule has 2 aromatic rings. The fourth-order valence-corrected chi connectivity index (χ4v) is 9.50. The second-order valence-electron chi connectivity index (χ2n) is 8.24. The molecule has 1 atom stereocenters. The lowest BCUT2D eigenvalue weighted by Crippen LogP contribution is -2.50. The van der Waals surface area contributed by atoms with E-state index in [1.54, 1.807) is 12.1 Å². The SMILES string of the molecule is CC(C)[Si](Oc1ccc([C@H](O)c2ccc([N+](=O)[O-])cc2)cc1)(C(C)C)C(C)C. The zero-order valence-corrected chi connectivity index (χ0v) is 18.5. The van der Waals surface area contributed by atoms with Crippen molar-refractivity contribution in [1.82, 2.24) is 0 Å². The quantitative estimate of drug-likeness (QED) is 0.323. The molecule has 5 nitrogen and oxygen atoms in total. The lowest BCUT2D eigenvalue weighted by molar-refractivity contribution is -0.384. The summed E-state index contributed by atoms with van der Waals surface area (Å²) in [4.78, 5) is 10.3. The van der Waals surface area contributed by atoms with Gasteiger partial charge in [-0.25, -0.2) is 0 Å². The van der Waals surface area contributed by atoms with E-state index in [9.17, 15) is 15.2 Å².